The maximum atomic E-state index is 11.4. The van der Waals surface area contributed by atoms with Crippen LogP contribution in [0.1, 0.15) is 19.3 Å². The Bertz CT molecular complexity index is 418. The molecule has 1 aromatic carbocycles. The topological polar surface area (TPSA) is 67.1 Å². The number of nitrogen functional groups attached to an aromatic ring is 1. The first kappa shape index (κ1) is 12.0. The summed E-state index contributed by atoms with van der Waals surface area (Å²) in [5.74, 6) is 0.0894. The van der Waals surface area contributed by atoms with Crippen molar-refractivity contribution in [2.45, 2.75) is 25.3 Å². The predicted octanol–water partition coefficient (Wildman–Crippen LogP) is 2.00. The monoisotopic (exact) mass is 253 g/mol. The van der Waals surface area contributed by atoms with E-state index in [1.165, 1.54) is 0 Å². The zero-order valence-corrected chi connectivity index (χ0v) is 10.3. The molecule has 0 unspecified atom stereocenters. The van der Waals surface area contributed by atoms with Gasteiger partial charge in [-0.05, 0) is 31.0 Å². The highest BCUT2D eigenvalue weighted by atomic mass is 35.5. The fourth-order valence-corrected chi connectivity index (χ4v) is 1.77. The van der Waals surface area contributed by atoms with Crippen LogP contribution in [0.2, 0.25) is 5.02 Å². The van der Waals surface area contributed by atoms with E-state index in [2.05, 4.69) is 10.6 Å². The number of halogens is 1. The summed E-state index contributed by atoms with van der Waals surface area (Å²) in [7, 11) is 0. The molecule has 1 aliphatic carbocycles. The Morgan fingerprint density at radius 2 is 2.24 bits per heavy atom. The molecule has 17 heavy (non-hydrogen) atoms. The number of nitrogens with two attached hydrogens (primary N) is 1. The van der Waals surface area contributed by atoms with Gasteiger partial charge in [-0.1, -0.05) is 11.6 Å². The molecule has 0 aromatic heterocycles. The van der Waals surface area contributed by atoms with Gasteiger partial charge in [0, 0.05) is 24.7 Å². The highest BCUT2D eigenvalue weighted by Gasteiger charge is 2.22. The number of nitrogens with one attached hydrogen (secondary N) is 2. The number of benzene rings is 1. The van der Waals surface area contributed by atoms with Gasteiger partial charge in [0.05, 0.1) is 10.7 Å². The molecule has 1 fully saturated rings. The van der Waals surface area contributed by atoms with Gasteiger partial charge in [0.2, 0.25) is 5.91 Å². The summed E-state index contributed by atoms with van der Waals surface area (Å²) in [5.41, 5.74) is 7.03. The molecule has 0 bridgehead atoms. The van der Waals surface area contributed by atoms with Crippen molar-refractivity contribution in [3.63, 3.8) is 0 Å². The molecule has 92 valence electrons. The van der Waals surface area contributed by atoms with Crippen molar-refractivity contribution in [2.24, 2.45) is 0 Å². The Balaban J connectivity index is 1.75. The maximum absolute atomic E-state index is 11.4. The summed E-state index contributed by atoms with van der Waals surface area (Å²) >= 11 is 6.00. The smallest absolute Gasteiger partial charge is 0.221 e. The lowest BCUT2D eigenvalue weighted by molar-refractivity contribution is -0.120. The van der Waals surface area contributed by atoms with E-state index in [9.17, 15) is 4.79 Å². The van der Waals surface area contributed by atoms with Crippen LogP contribution in [-0.2, 0) is 4.79 Å². The summed E-state index contributed by atoms with van der Waals surface area (Å²) < 4.78 is 0. The number of rotatable bonds is 5. The van der Waals surface area contributed by atoms with Crippen LogP contribution >= 0.6 is 11.6 Å². The number of anilines is 2. The summed E-state index contributed by atoms with van der Waals surface area (Å²) in [6, 6.07) is 5.70. The molecule has 1 amide bonds. The van der Waals surface area contributed by atoms with Crippen molar-refractivity contribution in [1.82, 2.24) is 5.32 Å². The van der Waals surface area contributed by atoms with Crippen LogP contribution in [0.25, 0.3) is 0 Å². The first-order valence-electron chi connectivity index (χ1n) is 5.73. The Morgan fingerprint density at radius 3 is 2.88 bits per heavy atom. The van der Waals surface area contributed by atoms with E-state index >= 15 is 0 Å². The number of hydrogen-bond acceptors (Lipinski definition) is 3. The van der Waals surface area contributed by atoms with E-state index < -0.39 is 0 Å². The van der Waals surface area contributed by atoms with Crippen molar-refractivity contribution in [3.05, 3.63) is 23.2 Å². The zero-order chi connectivity index (χ0) is 12.3. The quantitative estimate of drug-likeness (QED) is 0.703. The molecule has 1 aromatic rings. The van der Waals surface area contributed by atoms with Gasteiger partial charge in [-0.15, -0.1) is 0 Å². The van der Waals surface area contributed by atoms with Crippen molar-refractivity contribution >= 4 is 28.9 Å². The standard InChI is InChI=1S/C12H16ClN3O/c13-10-7-8(14)1-4-11(10)15-6-5-12(17)16-9-2-3-9/h1,4,7,9,15H,2-3,5-6,14H2,(H,16,17). The summed E-state index contributed by atoms with van der Waals surface area (Å²) in [6.07, 6.45) is 2.68. The van der Waals surface area contributed by atoms with Gasteiger partial charge < -0.3 is 16.4 Å². The molecule has 4 nitrogen and oxygen atoms in total. The lowest BCUT2D eigenvalue weighted by atomic mass is 10.2. The number of carbonyl (C=O) groups excluding carboxylic acids is 1. The molecule has 1 aliphatic rings. The first-order valence-corrected chi connectivity index (χ1v) is 6.11. The molecule has 1 saturated carbocycles. The molecule has 0 radical (unpaired) electrons. The minimum atomic E-state index is 0.0894. The van der Waals surface area contributed by atoms with Crippen molar-refractivity contribution in [2.75, 3.05) is 17.6 Å². The molecule has 4 N–H and O–H groups in total. The van der Waals surface area contributed by atoms with Crippen molar-refractivity contribution in [1.29, 1.82) is 0 Å². The molecule has 0 saturated heterocycles. The highest BCUT2D eigenvalue weighted by Crippen LogP contribution is 2.24. The van der Waals surface area contributed by atoms with E-state index in [4.69, 9.17) is 17.3 Å². The first-order chi connectivity index (χ1) is 8.15. The Morgan fingerprint density at radius 1 is 1.47 bits per heavy atom. The molecule has 0 spiro atoms. The number of hydrogen-bond donors (Lipinski definition) is 3. The maximum Gasteiger partial charge on any atom is 0.221 e. The molecular weight excluding hydrogens is 238 g/mol. The minimum Gasteiger partial charge on any atom is -0.399 e. The third-order valence-corrected chi connectivity index (χ3v) is 2.92. The molecular formula is C12H16ClN3O. The van der Waals surface area contributed by atoms with Crippen LogP contribution < -0.4 is 16.4 Å². The van der Waals surface area contributed by atoms with E-state index in [-0.39, 0.29) is 5.91 Å². The Hall–Kier alpha value is -1.42. The summed E-state index contributed by atoms with van der Waals surface area (Å²) in [4.78, 5) is 11.4. The minimum absolute atomic E-state index is 0.0894. The average molecular weight is 254 g/mol. The highest BCUT2D eigenvalue weighted by molar-refractivity contribution is 6.33. The number of carbonyl (C=O) groups is 1. The Kier molecular flexibility index (Phi) is 3.74. The van der Waals surface area contributed by atoms with Crippen molar-refractivity contribution in [3.8, 4) is 0 Å². The SMILES string of the molecule is Nc1ccc(NCCC(=O)NC2CC2)c(Cl)c1. The molecule has 5 heteroatoms. The van der Waals surface area contributed by atoms with Gasteiger partial charge in [-0.25, -0.2) is 0 Å². The van der Waals surface area contributed by atoms with Crippen molar-refractivity contribution < 1.29 is 4.79 Å². The van der Waals surface area contributed by atoms with Crippen LogP contribution in [0.5, 0.6) is 0 Å². The molecule has 0 atom stereocenters. The zero-order valence-electron chi connectivity index (χ0n) is 9.50. The van der Waals surface area contributed by atoms with Crippen LogP contribution in [0.4, 0.5) is 11.4 Å². The van der Waals surface area contributed by atoms with Gasteiger partial charge in [-0.2, -0.15) is 0 Å². The van der Waals surface area contributed by atoms with Gasteiger partial charge in [0.1, 0.15) is 0 Å². The van der Waals surface area contributed by atoms with Crippen LogP contribution in [0.3, 0.4) is 0 Å². The van der Waals surface area contributed by atoms with Gasteiger partial charge in [-0.3, -0.25) is 4.79 Å². The fraction of sp³-hybridized carbons (Fsp3) is 0.417. The third-order valence-electron chi connectivity index (χ3n) is 2.60. The lowest BCUT2D eigenvalue weighted by Crippen LogP contribution is -2.27. The van der Waals surface area contributed by atoms with E-state index in [0.717, 1.165) is 18.5 Å². The number of amides is 1. The summed E-state index contributed by atoms with van der Waals surface area (Å²) in [6.45, 7) is 0.572. The second-order valence-corrected chi connectivity index (χ2v) is 4.67. The second-order valence-electron chi connectivity index (χ2n) is 4.26. The van der Waals surface area contributed by atoms with Crippen LogP contribution in [0.15, 0.2) is 18.2 Å². The van der Waals surface area contributed by atoms with E-state index in [1.54, 1.807) is 12.1 Å². The predicted molar refractivity (Wildman–Crippen MR) is 70.1 cm³/mol. The van der Waals surface area contributed by atoms with Gasteiger partial charge in [0.25, 0.3) is 0 Å². The Labute approximate surface area is 106 Å². The lowest BCUT2D eigenvalue weighted by Gasteiger charge is -2.09. The molecule has 0 heterocycles. The average Bonchev–Trinajstić information content (AvgIpc) is 3.05. The van der Waals surface area contributed by atoms with E-state index in [1.807, 2.05) is 6.07 Å². The van der Waals surface area contributed by atoms with Crippen LogP contribution in [-0.4, -0.2) is 18.5 Å². The van der Waals surface area contributed by atoms with E-state index in [0.29, 0.717) is 29.7 Å². The fourth-order valence-electron chi connectivity index (χ4n) is 1.51. The van der Waals surface area contributed by atoms with Gasteiger partial charge >= 0.3 is 0 Å². The third kappa shape index (κ3) is 3.82. The van der Waals surface area contributed by atoms with Crippen LogP contribution in [0, 0.1) is 0 Å². The molecule has 0 aliphatic heterocycles. The largest absolute Gasteiger partial charge is 0.399 e. The van der Waals surface area contributed by atoms with Gasteiger partial charge in [0.15, 0.2) is 0 Å². The summed E-state index contributed by atoms with van der Waals surface area (Å²) in [5, 5.41) is 6.62. The molecule has 2 rings (SSSR count). The normalized spacial score (nSPS) is 14.4. The second kappa shape index (κ2) is 5.27.